The molecule has 0 bridgehead atoms. The van der Waals surface area contributed by atoms with Crippen LogP contribution in [-0.2, 0) is 0 Å². The van der Waals surface area contributed by atoms with E-state index in [1.807, 2.05) is 18.2 Å². The first-order valence-electron chi connectivity index (χ1n) is 4.58. The molecule has 0 aromatic heterocycles. The van der Waals surface area contributed by atoms with Crippen molar-refractivity contribution in [2.45, 2.75) is 0 Å². The molecule has 3 N–H and O–H groups in total. The predicted molar refractivity (Wildman–Crippen MR) is 60.1 cm³/mol. The Labute approximate surface area is 89.0 Å². The van der Waals surface area contributed by atoms with Crippen LogP contribution in [0.5, 0.6) is 0 Å². The number of anilines is 1. The van der Waals surface area contributed by atoms with Gasteiger partial charge in [0, 0.05) is 26.2 Å². The molecule has 1 aromatic rings. The van der Waals surface area contributed by atoms with E-state index in [9.17, 15) is 0 Å². The molecule has 1 aliphatic rings. The summed E-state index contributed by atoms with van der Waals surface area (Å²) in [5.74, 6) is 0. The lowest BCUT2D eigenvalue weighted by molar-refractivity contribution is 0.589. The molecule has 1 heterocycles. The van der Waals surface area contributed by atoms with Crippen LogP contribution in [0.15, 0.2) is 24.3 Å². The minimum atomic E-state index is 0. The SMILES string of the molecule is Clc1ccccc1N1CCNCC1.O. The third kappa shape index (κ3) is 2.38. The highest BCUT2D eigenvalue weighted by molar-refractivity contribution is 6.33. The maximum Gasteiger partial charge on any atom is 0.0639 e. The molecule has 0 atom stereocenters. The molecule has 78 valence electrons. The fraction of sp³-hybridized carbons (Fsp3) is 0.400. The largest absolute Gasteiger partial charge is 0.412 e. The molecule has 4 heteroatoms. The molecule has 0 aliphatic carbocycles. The van der Waals surface area contributed by atoms with E-state index in [4.69, 9.17) is 11.6 Å². The summed E-state index contributed by atoms with van der Waals surface area (Å²) >= 11 is 6.10. The van der Waals surface area contributed by atoms with E-state index >= 15 is 0 Å². The number of hydrogen-bond acceptors (Lipinski definition) is 2. The molecule has 0 spiro atoms. The van der Waals surface area contributed by atoms with Gasteiger partial charge in [-0.25, -0.2) is 0 Å². The minimum Gasteiger partial charge on any atom is -0.412 e. The van der Waals surface area contributed by atoms with Crippen LogP contribution in [0.3, 0.4) is 0 Å². The van der Waals surface area contributed by atoms with E-state index < -0.39 is 0 Å². The lowest BCUT2D eigenvalue weighted by Gasteiger charge is -2.30. The van der Waals surface area contributed by atoms with Gasteiger partial charge in [-0.1, -0.05) is 23.7 Å². The van der Waals surface area contributed by atoms with Crippen molar-refractivity contribution >= 4 is 17.3 Å². The molecular weight excluding hydrogens is 200 g/mol. The quantitative estimate of drug-likeness (QED) is 0.756. The van der Waals surface area contributed by atoms with Crippen LogP contribution < -0.4 is 10.2 Å². The van der Waals surface area contributed by atoms with Crippen LogP contribution in [0.1, 0.15) is 0 Å². The number of rotatable bonds is 1. The van der Waals surface area contributed by atoms with Gasteiger partial charge in [0.05, 0.1) is 10.7 Å². The van der Waals surface area contributed by atoms with E-state index in [-0.39, 0.29) is 5.48 Å². The average Bonchev–Trinajstić information content (AvgIpc) is 2.20. The highest BCUT2D eigenvalue weighted by Gasteiger charge is 2.11. The molecule has 0 radical (unpaired) electrons. The number of nitrogens with zero attached hydrogens (tertiary/aromatic N) is 1. The van der Waals surface area contributed by atoms with E-state index in [0.29, 0.717) is 0 Å². The van der Waals surface area contributed by atoms with Crippen LogP contribution in [0.2, 0.25) is 5.02 Å². The second-order valence-electron chi connectivity index (χ2n) is 3.19. The van der Waals surface area contributed by atoms with Gasteiger partial charge in [-0.3, -0.25) is 0 Å². The number of hydrogen-bond donors (Lipinski definition) is 1. The third-order valence-corrected chi connectivity index (χ3v) is 2.63. The summed E-state index contributed by atoms with van der Waals surface area (Å²) in [4.78, 5) is 2.32. The minimum absolute atomic E-state index is 0. The maximum atomic E-state index is 6.10. The van der Waals surface area contributed by atoms with Crippen molar-refractivity contribution in [2.75, 3.05) is 31.1 Å². The van der Waals surface area contributed by atoms with Crippen molar-refractivity contribution < 1.29 is 5.48 Å². The van der Waals surface area contributed by atoms with Crippen LogP contribution >= 0.6 is 11.6 Å². The predicted octanol–water partition coefficient (Wildman–Crippen LogP) is 0.925. The molecule has 1 aliphatic heterocycles. The molecule has 1 saturated heterocycles. The van der Waals surface area contributed by atoms with Crippen LogP contribution in [-0.4, -0.2) is 31.7 Å². The Morgan fingerprint density at radius 3 is 2.43 bits per heavy atom. The lowest BCUT2D eigenvalue weighted by atomic mass is 10.2. The maximum absolute atomic E-state index is 6.10. The lowest BCUT2D eigenvalue weighted by Crippen LogP contribution is -2.43. The third-order valence-electron chi connectivity index (χ3n) is 2.31. The summed E-state index contributed by atoms with van der Waals surface area (Å²) in [5, 5.41) is 4.17. The molecule has 2 rings (SSSR count). The fourth-order valence-corrected chi connectivity index (χ4v) is 1.87. The first-order chi connectivity index (χ1) is 6.38. The van der Waals surface area contributed by atoms with Gasteiger partial charge in [0.15, 0.2) is 0 Å². The molecular formula is C10H15ClN2O. The zero-order chi connectivity index (χ0) is 9.10. The Morgan fingerprint density at radius 2 is 1.79 bits per heavy atom. The van der Waals surface area contributed by atoms with Crippen molar-refractivity contribution in [2.24, 2.45) is 0 Å². The summed E-state index contributed by atoms with van der Waals surface area (Å²) in [6.07, 6.45) is 0. The van der Waals surface area contributed by atoms with Gasteiger partial charge in [-0.15, -0.1) is 0 Å². The van der Waals surface area contributed by atoms with Gasteiger partial charge in [0.25, 0.3) is 0 Å². The van der Waals surface area contributed by atoms with Crippen molar-refractivity contribution in [1.29, 1.82) is 0 Å². The van der Waals surface area contributed by atoms with Gasteiger partial charge in [-0.05, 0) is 12.1 Å². The highest BCUT2D eigenvalue weighted by Crippen LogP contribution is 2.24. The zero-order valence-corrected chi connectivity index (χ0v) is 8.72. The molecule has 0 amide bonds. The van der Waals surface area contributed by atoms with Crippen LogP contribution in [0.25, 0.3) is 0 Å². The topological polar surface area (TPSA) is 46.8 Å². The Morgan fingerprint density at radius 1 is 1.14 bits per heavy atom. The van der Waals surface area contributed by atoms with E-state index in [0.717, 1.165) is 36.9 Å². The Hall–Kier alpha value is -0.770. The molecule has 0 saturated carbocycles. The smallest absolute Gasteiger partial charge is 0.0639 e. The summed E-state index contributed by atoms with van der Waals surface area (Å²) in [7, 11) is 0. The normalized spacial score (nSPS) is 16.2. The van der Waals surface area contributed by atoms with Crippen molar-refractivity contribution in [3.05, 3.63) is 29.3 Å². The van der Waals surface area contributed by atoms with Gasteiger partial charge in [0.2, 0.25) is 0 Å². The second kappa shape index (κ2) is 5.20. The number of benzene rings is 1. The van der Waals surface area contributed by atoms with Crippen molar-refractivity contribution in [3.63, 3.8) is 0 Å². The molecule has 1 aromatic carbocycles. The van der Waals surface area contributed by atoms with Crippen molar-refractivity contribution in [1.82, 2.24) is 5.32 Å². The van der Waals surface area contributed by atoms with Crippen molar-refractivity contribution in [3.8, 4) is 0 Å². The van der Waals surface area contributed by atoms with Crippen LogP contribution in [0, 0.1) is 0 Å². The monoisotopic (exact) mass is 214 g/mol. The van der Waals surface area contributed by atoms with Gasteiger partial charge < -0.3 is 15.7 Å². The number of halogens is 1. The summed E-state index contributed by atoms with van der Waals surface area (Å²) in [6, 6.07) is 8.02. The fourth-order valence-electron chi connectivity index (χ4n) is 1.61. The average molecular weight is 215 g/mol. The highest BCUT2D eigenvalue weighted by atomic mass is 35.5. The zero-order valence-electron chi connectivity index (χ0n) is 7.96. The molecule has 1 fully saturated rings. The standard InChI is InChI=1S/C10H13ClN2.H2O/c11-9-3-1-2-4-10(9)13-7-5-12-6-8-13;/h1-4,12H,5-8H2;1H2. The summed E-state index contributed by atoms with van der Waals surface area (Å²) in [5.41, 5.74) is 1.16. The Balaban J connectivity index is 0.000000980. The molecule has 0 unspecified atom stereocenters. The number of nitrogens with one attached hydrogen (secondary N) is 1. The number of piperazine rings is 1. The summed E-state index contributed by atoms with van der Waals surface area (Å²) < 4.78 is 0. The Bertz CT molecular complexity index is 287. The molecule has 14 heavy (non-hydrogen) atoms. The van der Waals surface area contributed by atoms with Gasteiger partial charge in [-0.2, -0.15) is 0 Å². The van der Waals surface area contributed by atoms with E-state index in [1.165, 1.54) is 0 Å². The van der Waals surface area contributed by atoms with E-state index in [1.54, 1.807) is 0 Å². The Kier molecular flexibility index (Phi) is 4.20. The second-order valence-corrected chi connectivity index (χ2v) is 3.60. The van der Waals surface area contributed by atoms with Gasteiger partial charge in [0.1, 0.15) is 0 Å². The molecule has 3 nitrogen and oxygen atoms in total. The summed E-state index contributed by atoms with van der Waals surface area (Å²) in [6.45, 7) is 4.18. The van der Waals surface area contributed by atoms with Gasteiger partial charge >= 0.3 is 0 Å². The first kappa shape index (κ1) is 11.3. The number of para-hydroxylation sites is 1. The van der Waals surface area contributed by atoms with E-state index in [2.05, 4.69) is 16.3 Å². The first-order valence-corrected chi connectivity index (χ1v) is 4.96. The van der Waals surface area contributed by atoms with Crippen LogP contribution in [0.4, 0.5) is 5.69 Å².